The van der Waals surface area contributed by atoms with E-state index in [-0.39, 0.29) is 5.56 Å². The highest BCUT2D eigenvalue weighted by atomic mass is 19.1. The highest BCUT2D eigenvalue weighted by Gasteiger charge is 2.13. The Morgan fingerprint density at radius 1 is 1.28 bits per heavy atom. The molecule has 0 unspecified atom stereocenters. The molecule has 0 saturated heterocycles. The van der Waals surface area contributed by atoms with E-state index in [1.165, 1.54) is 18.3 Å². The Balaban J connectivity index is 2.24. The van der Waals surface area contributed by atoms with Gasteiger partial charge in [-0.25, -0.2) is 4.98 Å². The van der Waals surface area contributed by atoms with E-state index in [9.17, 15) is 9.18 Å². The predicted octanol–water partition coefficient (Wildman–Crippen LogP) is 2.48. The van der Waals surface area contributed by atoms with Gasteiger partial charge in [0.15, 0.2) is 0 Å². The molecule has 0 radical (unpaired) electrons. The SMILES string of the molecule is Cc1ccc(NC(=O)c2cccnc2F)c(C)n1. The Morgan fingerprint density at radius 3 is 2.72 bits per heavy atom. The summed E-state index contributed by atoms with van der Waals surface area (Å²) in [6.07, 6.45) is 1.30. The van der Waals surface area contributed by atoms with Crippen LogP contribution in [-0.2, 0) is 0 Å². The molecule has 2 aromatic heterocycles. The molecule has 4 nitrogen and oxygen atoms in total. The van der Waals surface area contributed by atoms with Gasteiger partial charge in [-0.3, -0.25) is 9.78 Å². The van der Waals surface area contributed by atoms with Crippen molar-refractivity contribution in [2.24, 2.45) is 0 Å². The van der Waals surface area contributed by atoms with Crippen LogP contribution in [0.15, 0.2) is 30.5 Å². The van der Waals surface area contributed by atoms with Crippen LogP contribution in [0.5, 0.6) is 0 Å². The molecule has 0 aliphatic heterocycles. The monoisotopic (exact) mass is 245 g/mol. The van der Waals surface area contributed by atoms with Crippen LogP contribution in [0.1, 0.15) is 21.7 Å². The predicted molar refractivity (Wildman–Crippen MR) is 65.9 cm³/mol. The summed E-state index contributed by atoms with van der Waals surface area (Å²) in [5.41, 5.74) is 2.03. The largest absolute Gasteiger partial charge is 0.320 e. The number of aryl methyl sites for hydroxylation is 2. The number of rotatable bonds is 2. The number of pyridine rings is 2. The summed E-state index contributed by atoms with van der Waals surface area (Å²) in [7, 11) is 0. The molecular weight excluding hydrogens is 233 g/mol. The summed E-state index contributed by atoms with van der Waals surface area (Å²) in [5, 5.41) is 2.61. The van der Waals surface area contributed by atoms with Crippen molar-refractivity contribution in [1.82, 2.24) is 9.97 Å². The minimum atomic E-state index is -0.785. The normalized spacial score (nSPS) is 10.2. The van der Waals surface area contributed by atoms with Gasteiger partial charge in [-0.15, -0.1) is 0 Å². The number of aromatic nitrogens is 2. The molecule has 0 atom stereocenters. The lowest BCUT2D eigenvalue weighted by Gasteiger charge is -2.08. The molecule has 1 N–H and O–H groups in total. The number of anilines is 1. The minimum absolute atomic E-state index is 0.0857. The van der Waals surface area contributed by atoms with Crippen molar-refractivity contribution < 1.29 is 9.18 Å². The molecule has 2 aromatic rings. The van der Waals surface area contributed by atoms with Gasteiger partial charge in [-0.05, 0) is 38.1 Å². The highest BCUT2D eigenvalue weighted by Crippen LogP contribution is 2.14. The van der Waals surface area contributed by atoms with E-state index in [0.717, 1.165) is 5.69 Å². The zero-order chi connectivity index (χ0) is 13.1. The second-order valence-electron chi connectivity index (χ2n) is 3.88. The van der Waals surface area contributed by atoms with E-state index in [2.05, 4.69) is 15.3 Å². The van der Waals surface area contributed by atoms with Gasteiger partial charge in [0.05, 0.1) is 16.9 Å². The molecule has 0 fully saturated rings. The van der Waals surface area contributed by atoms with Crippen LogP contribution in [0.4, 0.5) is 10.1 Å². The van der Waals surface area contributed by atoms with E-state index in [0.29, 0.717) is 11.4 Å². The fourth-order valence-corrected chi connectivity index (χ4v) is 1.56. The smallest absolute Gasteiger partial charge is 0.260 e. The summed E-state index contributed by atoms with van der Waals surface area (Å²) in [4.78, 5) is 19.5. The van der Waals surface area contributed by atoms with Crippen LogP contribution < -0.4 is 5.32 Å². The number of hydrogen-bond acceptors (Lipinski definition) is 3. The maximum atomic E-state index is 13.3. The maximum Gasteiger partial charge on any atom is 0.260 e. The molecule has 5 heteroatoms. The molecule has 2 heterocycles. The maximum absolute atomic E-state index is 13.3. The van der Waals surface area contributed by atoms with Crippen LogP contribution in [0.25, 0.3) is 0 Å². The molecule has 0 aliphatic carbocycles. The van der Waals surface area contributed by atoms with E-state index < -0.39 is 11.9 Å². The summed E-state index contributed by atoms with van der Waals surface area (Å²) in [6.45, 7) is 3.64. The van der Waals surface area contributed by atoms with E-state index in [1.807, 2.05) is 6.92 Å². The second kappa shape index (κ2) is 4.91. The van der Waals surface area contributed by atoms with Crippen LogP contribution in [0.2, 0.25) is 0 Å². The number of amides is 1. The molecule has 0 spiro atoms. The number of nitrogens with one attached hydrogen (secondary N) is 1. The highest BCUT2D eigenvalue weighted by molar-refractivity contribution is 6.04. The lowest BCUT2D eigenvalue weighted by Crippen LogP contribution is -2.15. The zero-order valence-corrected chi connectivity index (χ0v) is 10.1. The van der Waals surface area contributed by atoms with Gasteiger partial charge in [-0.2, -0.15) is 4.39 Å². The first-order chi connectivity index (χ1) is 8.58. The minimum Gasteiger partial charge on any atom is -0.320 e. The number of carbonyl (C=O) groups excluding carboxylic acids is 1. The summed E-state index contributed by atoms with van der Waals surface area (Å²) in [6, 6.07) is 6.42. The lowest BCUT2D eigenvalue weighted by molar-refractivity contribution is 0.102. The third kappa shape index (κ3) is 2.51. The fourth-order valence-electron chi connectivity index (χ4n) is 1.56. The summed E-state index contributed by atoms with van der Waals surface area (Å²) in [5.74, 6) is -1.32. The molecule has 92 valence electrons. The number of halogens is 1. The van der Waals surface area contributed by atoms with E-state index >= 15 is 0 Å². The average molecular weight is 245 g/mol. The molecule has 2 rings (SSSR count). The molecule has 0 saturated carbocycles. The third-order valence-electron chi connectivity index (χ3n) is 2.48. The molecular formula is C13H12FN3O. The van der Waals surface area contributed by atoms with Gasteiger partial charge in [-0.1, -0.05) is 0 Å². The first-order valence-corrected chi connectivity index (χ1v) is 5.44. The van der Waals surface area contributed by atoms with Gasteiger partial charge in [0.2, 0.25) is 5.95 Å². The summed E-state index contributed by atoms with van der Waals surface area (Å²) < 4.78 is 13.3. The quantitative estimate of drug-likeness (QED) is 0.827. The first kappa shape index (κ1) is 12.2. The van der Waals surface area contributed by atoms with Crippen LogP contribution in [0, 0.1) is 19.8 Å². The third-order valence-corrected chi connectivity index (χ3v) is 2.48. The van der Waals surface area contributed by atoms with Gasteiger partial charge in [0, 0.05) is 11.9 Å². The Kier molecular flexibility index (Phi) is 3.32. The number of nitrogens with zero attached hydrogens (tertiary/aromatic N) is 2. The molecule has 0 aromatic carbocycles. The van der Waals surface area contributed by atoms with Crippen molar-refractivity contribution in [2.75, 3.05) is 5.32 Å². The Hall–Kier alpha value is -2.30. The van der Waals surface area contributed by atoms with Crippen molar-refractivity contribution in [3.05, 3.63) is 53.4 Å². The van der Waals surface area contributed by atoms with Crippen molar-refractivity contribution in [3.63, 3.8) is 0 Å². The molecule has 0 aliphatic rings. The van der Waals surface area contributed by atoms with Crippen LogP contribution in [0.3, 0.4) is 0 Å². The standard InChI is InChI=1S/C13H12FN3O/c1-8-5-6-11(9(2)16-8)17-13(18)10-4-3-7-15-12(10)14/h3-7H,1-2H3,(H,17,18). The Morgan fingerprint density at radius 2 is 2.06 bits per heavy atom. The van der Waals surface area contributed by atoms with Gasteiger partial charge < -0.3 is 5.32 Å². The van der Waals surface area contributed by atoms with Crippen molar-refractivity contribution >= 4 is 11.6 Å². The Bertz CT molecular complexity index is 599. The van der Waals surface area contributed by atoms with E-state index in [4.69, 9.17) is 0 Å². The Labute approximate surface area is 104 Å². The zero-order valence-electron chi connectivity index (χ0n) is 10.1. The van der Waals surface area contributed by atoms with E-state index in [1.54, 1.807) is 19.1 Å². The number of hydrogen-bond donors (Lipinski definition) is 1. The topological polar surface area (TPSA) is 54.9 Å². The molecule has 18 heavy (non-hydrogen) atoms. The van der Waals surface area contributed by atoms with Gasteiger partial charge in [0.1, 0.15) is 0 Å². The van der Waals surface area contributed by atoms with Crippen molar-refractivity contribution in [3.8, 4) is 0 Å². The summed E-state index contributed by atoms with van der Waals surface area (Å²) >= 11 is 0. The fraction of sp³-hybridized carbons (Fsp3) is 0.154. The first-order valence-electron chi connectivity index (χ1n) is 5.44. The number of carbonyl (C=O) groups is 1. The average Bonchev–Trinajstić information content (AvgIpc) is 2.33. The van der Waals surface area contributed by atoms with Crippen LogP contribution >= 0.6 is 0 Å². The molecule has 1 amide bonds. The second-order valence-corrected chi connectivity index (χ2v) is 3.88. The van der Waals surface area contributed by atoms with Gasteiger partial charge >= 0.3 is 0 Å². The molecule has 0 bridgehead atoms. The van der Waals surface area contributed by atoms with Crippen LogP contribution in [-0.4, -0.2) is 15.9 Å². The van der Waals surface area contributed by atoms with Crippen molar-refractivity contribution in [2.45, 2.75) is 13.8 Å². The van der Waals surface area contributed by atoms with Gasteiger partial charge in [0.25, 0.3) is 5.91 Å². The lowest BCUT2D eigenvalue weighted by atomic mass is 10.2. The van der Waals surface area contributed by atoms with Crippen molar-refractivity contribution in [1.29, 1.82) is 0 Å².